The number of hydrogen-bond acceptors (Lipinski definition) is 4. The molecular weight excluding hydrogens is 292 g/mol. The lowest BCUT2D eigenvalue weighted by Crippen LogP contribution is -2.41. The van der Waals surface area contributed by atoms with Gasteiger partial charge in [0.15, 0.2) is 0 Å². The van der Waals surface area contributed by atoms with Gasteiger partial charge < -0.3 is 5.73 Å². The molecule has 0 radical (unpaired) electrons. The molecule has 1 aliphatic rings. The number of rotatable bonds is 5. The summed E-state index contributed by atoms with van der Waals surface area (Å²) in [5, 5.41) is 0. The lowest BCUT2D eigenvalue weighted by molar-refractivity contribution is 0.395. The van der Waals surface area contributed by atoms with E-state index in [9.17, 15) is 8.42 Å². The normalized spacial score (nSPS) is 18.9. The van der Waals surface area contributed by atoms with Gasteiger partial charge in [-0.05, 0) is 37.3 Å². The summed E-state index contributed by atoms with van der Waals surface area (Å²) in [7, 11) is -3.47. The van der Waals surface area contributed by atoms with E-state index in [0.717, 1.165) is 12.8 Å². The van der Waals surface area contributed by atoms with Crippen LogP contribution in [0.3, 0.4) is 0 Å². The maximum Gasteiger partial charge on any atom is 0.240 e. The molecule has 0 amide bonds. The molecule has 0 aromatic heterocycles. The molecule has 0 aliphatic heterocycles. The Balaban J connectivity index is 2.08. The molecule has 6 heteroatoms. The molecule has 0 spiro atoms. The van der Waals surface area contributed by atoms with Gasteiger partial charge >= 0.3 is 0 Å². The quantitative estimate of drug-likeness (QED) is 0.820. The standard InChI is InChI=1S/C14H22N2O2S2/c1-19-14(8-3-2-4-9-14)11-16-20(17,18)13-7-5-6-12(15)10-13/h5-7,10,16H,2-4,8-9,11,15H2,1H3. The molecule has 1 saturated carbocycles. The van der Waals surface area contributed by atoms with Crippen molar-refractivity contribution in [2.45, 2.75) is 41.7 Å². The van der Waals surface area contributed by atoms with Crippen molar-refractivity contribution in [1.82, 2.24) is 4.72 Å². The third-order valence-electron chi connectivity index (χ3n) is 3.95. The maximum absolute atomic E-state index is 12.3. The van der Waals surface area contributed by atoms with Gasteiger partial charge in [0.2, 0.25) is 10.0 Å². The fourth-order valence-corrected chi connectivity index (χ4v) is 4.83. The highest BCUT2D eigenvalue weighted by Crippen LogP contribution is 2.38. The van der Waals surface area contributed by atoms with Gasteiger partial charge in [-0.2, -0.15) is 11.8 Å². The van der Waals surface area contributed by atoms with Crippen LogP contribution in [0.1, 0.15) is 32.1 Å². The van der Waals surface area contributed by atoms with Gasteiger partial charge in [-0.15, -0.1) is 0 Å². The van der Waals surface area contributed by atoms with E-state index in [1.165, 1.54) is 25.3 Å². The van der Waals surface area contributed by atoms with E-state index in [4.69, 9.17) is 5.73 Å². The molecule has 1 aromatic carbocycles. The summed E-state index contributed by atoms with van der Waals surface area (Å²) in [6, 6.07) is 6.42. The number of thioether (sulfide) groups is 1. The Labute approximate surface area is 125 Å². The Morgan fingerprint density at radius 3 is 2.60 bits per heavy atom. The zero-order valence-corrected chi connectivity index (χ0v) is 13.4. The monoisotopic (exact) mass is 314 g/mol. The summed E-state index contributed by atoms with van der Waals surface area (Å²) < 4.78 is 27.4. The van der Waals surface area contributed by atoms with E-state index in [1.54, 1.807) is 30.0 Å². The van der Waals surface area contributed by atoms with Crippen molar-refractivity contribution in [3.63, 3.8) is 0 Å². The minimum Gasteiger partial charge on any atom is -0.399 e. The summed E-state index contributed by atoms with van der Waals surface area (Å²) in [6.07, 6.45) is 7.84. The van der Waals surface area contributed by atoms with E-state index < -0.39 is 10.0 Å². The molecule has 2 rings (SSSR count). The third kappa shape index (κ3) is 3.68. The molecular formula is C14H22N2O2S2. The Morgan fingerprint density at radius 2 is 2.00 bits per heavy atom. The van der Waals surface area contributed by atoms with Crippen molar-refractivity contribution in [3.05, 3.63) is 24.3 Å². The van der Waals surface area contributed by atoms with Crippen LogP contribution in [0, 0.1) is 0 Å². The number of hydrogen-bond donors (Lipinski definition) is 2. The Morgan fingerprint density at radius 1 is 1.30 bits per heavy atom. The van der Waals surface area contributed by atoms with E-state index in [0.29, 0.717) is 12.2 Å². The van der Waals surface area contributed by atoms with E-state index >= 15 is 0 Å². The van der Waals surface area contributed by atoms with Gasteiger partial charge in [-0.1, -0.05) is 25.3 Å². The fraction of sp³-hybridized carbons (Fsp3) is 0.571. The summed E-state index contributed by atoms with van der Waals surface area (Å²) in [5.41, 5.74) is 6.11. The first-order valence-corrected chi connectivity index (χ1v) is 9.59. The van der Waals surface area contributed by atoms with E-state index in [-0.39, 0.29) is 9.64 Å². The largest absolute Gasteiger partial charge is 0.399 e. The van der Waals surface area contributed by atoms with Crippen LogP contribution in [-0.4, -0.2) is 26.0 Å². The highest BCUT2D eigenvalue weighted by molar-refractivity contribution is 8.00. The zero-order chi connectivity index (χ0) is 14.6. The molecule has 0 heterocycles. The predicted molar refractivity (Wildman–Crippen MR) is 85.4 cm³/mol. The summed E-state index contributed by atoms with van der Waals surface area (Å²) in [4.78, 5) is 0.240. The Bertz CT molecular complexity index is 552. The molecule has 0 saturated heterocycles. The molecule has 1 aliphatic carbocycles. The van der Waals surface area contributed by atoms with E-state index in [2.05, 4.69) is 11.0 Å². The maximum atomic E-state index is 12.3. The van der Waals surface area contributed by atoms with Crippen molar-refractivity contribution in [2.75, 3.05) is 18.5 Å². The van der Waals surface area contributed by atoms with Crippen LogP contribution in [0.5, 0.6) is 0 Å². The van der Waals surface area contributed by atoms with Crippen LogP contribution in [0.15, 0.2) is 29.2 Å². The van der Waals surface area contributed by atoms with Gasteiger partial charge in [-0.3, -0.25) is 0 Å². The Kier molecular flexibility index (Phi) is 4.99. The highest BCUT2D eigenvalue weighted by Gasteiger charge is 2.32. The van der Waals surface area contributed by atoms with Gasteiger partial charge in [0.1, 0.15) is 0 Å². The number of anilines is 1. The van der Waals surface area contributed by atoms with Crippen LogP contribution < -0.4 is 10.5 Å². The minimum absolute atomic E-state index is 0.0473. The smallest absolute Gasteiger partial charge is 0.240 e. The van der Waals surface area contributed by atoms with Crippen molar-refractivity contribution in [2.24, 2.45) is 0 Å². The number of nitrogens with one attached hydrogen (secondary N) is 1. The molecule has 3 N–H and O–H groups in total. The molecule has 0 unspecified atom stereocenters. The van der Waals surface area contributed by atoms with Gasteiger partial charge in [0.25, 0.3) is 0 Å². The van der Waals surface area contributed by atoms with Crippen LogP contribution in [0.4, 0.5) is 5.69 Å². The van der Waals surface area contributed by atoms with Crippen molar-refractivity contribution < 1.29 is 8.42 Å². The van der Waals surface area contributed by atoms with Gasteiger partial charge in [0, 0.05) is 17.0 Å². The number of nitrogens with two attached hydrogens (primary N) is 1. The highest BCUT2D eigenvalue weighted by atomic mass is 32.2. The van der Waals surface area contributed by atoms with Crippen molar-refractivity contribution in [3.8, 4) is 0 Å². The van der Waals surface area contributed by atoms with Crippen molar-refractivity contribution in [1.29, 1.82) is 0 Å². The molecule has 0 atom stereocenters. The second-order valence-corrected chi connectivity index (χ2v) is 8.39. The predicted octanol–water partition coefficient (Wildman–Crippen LogP) is 2.61. The second kappa shape index (κ2) is 6.37. The summed E-state index contributed by atoms with van der Waals surface area (Å²) in [6.45, 7) is 0.491. The molecule has 0 bridgehead atoms. The molecule has 1 fully saturated rings. The number of sulfonamides is 1. The van der Waals surface area contributed by atoms with Crippen molar-refractivity contribution >= 4 is 27.5 Å². The Hall–Kier alpha value is -0.720. The first-order chi connectivity index (χ1) is 9.47. The van der Waals surface area contributed by atoms with Gasteiger partial charge in [0.05, 0.1) is 4.90 Å². The third-order valence-corrected chi connectivity index (χ3v) is 6.77. The molecule has 4 nitrogen and oxygen atoms in total. The summed E-state index contributed by atoms with van der Waals surface area (Å²) in [5.74, 6) is 0. The lowest BCUT2D eigenvalue weighted by Gasteiger charge is -2.35. The molecule has 20 heavy (non-hydrogen) atoms. The molecule has 112 valence electrons. The summed E-state index contributed by atoms with van der Waals surface area (Å²) >= 11 is 1.78. The van der Waals surface area contributed by atoms with Crippen LogP contribution in [-0.2, 0) is 10.0 Å². The first kappa shape index (κ1) is 15.7. The SMILES string of the molecule is CSC1(CNS(=O)(=O)c2cccc(N)c2)CCCCC1. The van der Waals surface area contributed by atoms with Crippen LogP contribution in [0.25, 0.3) is 0 Å². The minimum atomic E-state index is -3.47. The second-order valence-electron chi connectivity index (χ2n) is 5.34. The average molecular weight is 314 g/mol. The van der Waals surface area contributed by atoms with Crippen LogP contribution >= 0.6 is 11.8 Å². The average Bonchev–Trinajstić information content (AvgIpc) is 2.46. The van der Waals surface area contributed by atoms with Gasteiger partial charge in [-0.25, -0.2) is 13.1 Å². The first-order valence-electron chi connectivity index (χ1n) is 6.88. The van der Waals surface area contributed by atoms with E-state index in [1.807, 2.05) is 0 Å². The zero-order valence-electron chi connectivity index (χ0n) is 11.8. The number of benzene rings is 1. The lowest BCUT2D eigenvalue weighted by atomic mass is 9.88. The molecule has 1 aromatic rings. The fourth-order valence-electron chi connectivity index (χ4n) is 2.64. The van der Waals surface area contributed by atoms with Crippen LogP contribution in [0.2, 0.25) is 0 Å². The number of nitrogen functional groups attached to an aromatic ring is 1. The topological polar surface area (TPSA) is 72.2 Å².